The van der Waals surface area contributed by atoms with Gasteiger partial charge < -0.3 is 9.64 Å². The Balaban J connectivity index is 1.73. The first-order valence-electron chi connectivity index (χ1n) is 7.88. The van der Waals surface area contributed by atoms with Crippen LogP contribution in [0.25, 0.3) is 6.08 Å². The maximum atomic E-state index is 13.8. The largest absolute Gasteiger partial charge is 0.457 e. The average Bonchev–Trinajstić information content (AvgIpc) is 3.40. The van der Waals surface area contributed by atoms with Crippen molar-refractivity contribution < 1.29 is 17.5 Å². The molecule has 6 nitrogen and oxygen atoms in total. The van der Waals surface area contributed by atoms with E-state index in [-0.39, 0.29) is 16.9 Å². The molecule has 0 atom stereocenters. The molecule has 0 spiro atoms. The van der Waals surface area contributed by atoms with E-state index in [1.807, 2.05) is 4.90 Å². The molecule has 2 aromatic rings. The maximum absolute atomic E-state index is 13.8. The number of hydrogen-bond donors (Lipinski definition) is 0. The molecule has 1 aliphatic heterocycles. The molecule has 1 aromatic carbocycles. The van der Waals surface area contributed by atoms with Crippen molar-refractivity contribution in [2.24, 2.45) is 0 Å². The molecule has 1 aliphatic carbocycles. The van der Waals surface area contributed by atoms with Gasteiger partial charge in [0.2, 0.25) is 15.0 Å². The fraction of sp³-hybridized carbons (Fsp3) is 0.294. The van der Waals surface area contributed by atoms with Gasteiger partial charge in [0.25, 0.3) is 0 Å². The summed E-state index contributed by atoms with van der Waals surface area (Å²) in [6.45, 7) is 0.409. The van der Waals surface area contributed by atoms with E-state index in [2.05, 4.69) is 9.97 Å². The van der Waals surface area contributed by atoms with Crippen LogP contribution in [-0.2, 0) is 9.84 Å². The third kappa shape index (κ3) is 3.21. The van der Waals surface area contributed by atoms with Gasteiger partial charge in [-0.15, -0.1) is 0 Å². The van der Waals surface area contributed by atoms with Crippen molar-refractivity contribution >= 4 is 21.7 Å². The second kappa shape index (κ2) is 5.80. The monoisotopic (exact) mass is 361 g/mol. The lowest BCUT2D eigenvalue weighted by Gasteiger charge is -2.30. The van der Waals surface area contributed by atoms with Crippen molar-refractivity contribution in [2.45, 2.75) is 24.0 Å². The summed E-state index contributed by atoms with van der Waals surface area (Å²) in [5, 5.41) is -0.191. The Morgan fingerprint density at radius 3 is 2.72 bits per heavy atom. The summed E-state index contributed by atoms with van der Waals surface area (Å²) in [4.78, 5) is 10.2. The number of halogens is 1. The molecular weight excluding hydrogens is 345 g/mol. The lowest BCUT2D eigenvalue weighted by molar-refractivity contribution is 0.388. The normalized spacial score (nSPS) is 17.0. The van der Waals surface area contributed by atoms with Crippen molar-refractivity contribution in [3.05, 3.63) is 47.6 Å². The summed E-state index contributed by atoms with van der Waals surface area (Å²) >= 11 is 0. The number of nitrogens with zero attached hydrogens (tertiary/aromatic N) is 3. The van der Waals surface area contributed by atoms with Crippen molar-refractivity contribution in [2.75, 3.05) is 17.7 Å². The summed E-state index contributed by atoms with van der Waals surface area (Å²) < 4.78 is 43.0. The second-order valence-electron chi connectivity index (χ2n) is 6.21. The zero-order valence-electron chi connectivity index (χ0n) is 13.5. The first-order valence-corrected chi connectivity index (χ1v) is 9.77. The topological polar surface area (TPSA) is 72.4 Å². The fourth-order valence-electron chi connectivity index (χ4n) is 2.76. The Labute approximate surface area is 144 Å². The first-order chi connectivity index (χ1) is 11.9. The third-order valence-corrected chi connectivity index (χ3v) is 4.95. The van der Waals surface area contributed by atoms with Gasteiger partial charge in [-0.25, -0.2) is 22.8 Å². The van der Waals surface area contributed by atoms with E-state index >= 15 is 0 Å². The van der Waals surface area contributed by atoms with Crippen LogP contribution < -0.4 is 9.64 Å². The fourth-order valence-corrected chi connectivity index (χ4v) is 3.25. The maximum Gasteiger partial charge on any atom is 0.248 e. The molecule has 0 amide bonds. The Kier molecular flexibility index (Phi) is 3.72. The van der Waals surface area contributed by atoms with Crippen LogP contribution in [-0.4, -0.2) is 37.2 Å². The Bertz CT molecular complexity index is 971. The van der Waals surface area contributed by atoms with E-state index in [1.165, 1.54) is 12.3 Å². The SMILES string of the molecule is CS(=O)(=O)c1ncc2c(n1)N(C1CC1)CC(Oc1ccccc1F)=C2. The molecule has 2 aliphatic rings. The molecule has 2 heterocycles. The highest BCUT2D eigenvalue weighted by atomic mass is 32.2. The minimum absolute atomic E-state index is 0.154. The van der Waals surface area contributed by atoms with Gasteiger partial charge >= 0.3 is 0 Å². The number of ether oxygens (including phenoxy) is 1. The van der Waals surface area contributed by atoms with Gasteiger partial charge in [0, 0.05) is 24.1 Å². The van der Waals surface area contributed by atoms with Crippen LogP contribution in [0.5, 0.6) is 5.75 Å². The number of benzene rings is 1. The van der Waals surface area contributed by atoms with Crippen LogP contribution in [0, 0.1) is 5.82 Å². The van der Waals surface area contributed by atoms with Crippen LogP contribution in [0.3, 0.4) is 0 Å². The molecule has 1 fully saturated rings. The predicted molar refractivity (Wildman–Crippen MR) is 90.5 cm³/mol. The molecule has 25 heavy (non-hydrogen) atoms. The van der Waals surface area contributed by atoms with E-state index in [4.69, 9.17) is 4.74 Å². The van der Waals surface area contributed by atoms with Crippen LogP contribution >= 0.6 is 0 Å². The van der Waals surface area contributed by atoms with Crippen LogP contribution in [0.4, 0.5) is 10.2 Å². The molecule has 4 rings (SSSR count). The van der Waals surface area contributed by atoms with E-state index in [1.54, 1.807) is 24.3 Å². The third-order valence-electron chi connectivity index (χ3n) is 4.09. The van der Waals surface area contributed by atoms with Gasteiger partial charge in [0.1, 0.15) is 11.6 Å². The molecule has 0 saturated heterocycles. The van der Waals surface area contributed by atoms with E-state index in [0.717, 1.165) is 19.1 Å². The Morgan fingerprint density at radius 2 is 2.04 bits per heavy atom. The predicted octanol–water partition coefficient (Wildman–Crippen LogP) is 2.42. The molecule has 0 N–H and O–H groups in total. The number of aromatic nitrogens is 2. The van der Waals surface area contributed by atoms with Gasteiger partial charge in [-0.05, 0) is 31.1 Å². The number of sulfone groups is 1. The Hall–Kier alpha value is -2.48. The highest BCUT2D eigenvalue weighted by Crippen LogP contribution is 2.37. The Morgan fingerprint density at radius 1 is 1.28 bits per heavy atom. The lowest BCUT2D eigenvalue weighted by Crippen LogP contribution is -2.33. The number of rotatable bonds is 4. The molecule has 8 heteroatoms. The van der Waals surface area contributed by atoms with Gasteiger partial charge in [-0.1, -0.05) is 12.1 Å². The minimum atomic E-state index is -3.48. The minimum Gasteiger partial charge on any atom is -0.457 e. The summed E-state index contributed by atoms with van der Waals surface area (Å²) in [5.41, 5.74) is 0.664. The molecule has 1 saturated carbocycles. The molecule has 0 unspecified atom stereocenters. The number of fused-ring (bicyclic) bond motifs is 1. The van der Waals surface area contributed by atoms with Gasteiger partial charge in [0.05, 0.1) is 6.54 Å². The average molecular weight is 361 g/mol. The molecule has 1 aromatic heterocycles. The first kappa shape index (κ1) is 16.0. The van der Waals surface area contributed by atoms with Crippen molar-refractivity contribution in [1.29, 1.82) is 0 Å². The van der Waals surface area contributed by atoms with E-state index < -0.39 is 15.7 Å². The van der Waals surface area contributed by atoms with Gasteiger partial charge in [0.15, 0.2) is 11.6 Å². The standard InChI is InChI=1S/C17H16FN3O3S/c1-25(22,23)17-19-9-11-8-13(24-15-5-3-2-4-14(15)18)10-21(12-6-7-12)16(11)20-17/h2-5,8-9,12H,6-7,10H2,1H3. The van der Waals surface area contributed by atoms with Crippen LogP contribution in [0.2, 0.25) is 0 Å². The van der Waals surface area contributed by atoms with Crippen molar-refractivity contribution in [3.8, 4) is 5.75 Å². The summed E-state index contributed by atoms with van der Waals surface area (Å²) in [6.07, 6.45) is 6.29. The summed E-state index contributed by atoms with van der Waals surface area (Å²) in [7, 11) is -3.48. The van der Waals surface area contributed by atoms with E-state index in [0.29, 0.717) is 23.7 Å². The molecular formula is C17H16FN3O3S. The highest BCUT2D eigenvalue weighted by molar-refractivity contribution is 7.90. The number of para-hydroxylation sites is 1. The summed E-state index contributed by atoms with van der Waals surface area (Å²) in [5.74, 6) is 0.872. The molecule has 0 radical (unpaired) electrons. The van der Waals surface area contributed by atoms with Crippen molar-refractivity contribution in [3.63, 3.8) is 0 Å². The number of anilines is 1. The van der Waals surface area contributed by atoms with E-state index in [9.17, 15) is 12.8 Å². The summed E-state index contributed by atoms with van der Waals surface area (Å²) in [6, 6.07) is 6.50. The molecule has 0 bridgehead atoms. The van der Waals surface area contributed by atoms with Crippen molar-refractivity contribution in [1.82, 2.24) is 9.97 Å². The smallest absolute Gasteiger partial charge is 0.248 e. The quantitative estimate of drug-likeness (QED) is 0.779. The number of hydrogen-bond acceptors (Lipinski definition) is 6. The zero-order valence-corrected chi connectivity index (χ0v) is 14.3. The van der Waals surface area contributed by atoms with Crippen LogP contribution in [0.1, 0.15) is 18.4 Å². The van der Waals surface area contributed by atoms with Gasteiger partial charge in [-0.2, -0.15) is 0 Å². The van der Waals surface area contributed by atoms with Crippen LogP contribution in [0.15, 0.2) is 41.4 Å². The zero-order chi connectivity index (χ0) is 17.6. The lowest BCUT2D eigenvalue weighted by atomic mass is 10.1. The highest BCUT2D eigenvalue weighted by Gasteiger charge is 2.35. The molecule has 130 valence electrons. The second-order valence-corrected chi connectivity index (χ2v) is 8.12. The van der Waals surface area contributed by atoms with Gasteiger partial charge in [-0.3, -0.25) is 0 Å².